The molecule has 2 aliphatic rings. The van der Waals surface area contributed by atoms with Crippen LogP contribution in [0.4, 0.5) is 10.5 Å². The van der Waals surface area contributed by atoms with Gasteiger partial charge in [-0.3, -0.25) is 14.9 Å². The number of rotatable bonds is 7. The fourth-order valence-corrected chi connectivity index (χ4v) is 4.79. The number of benzene rings is 3. The maximum Gasteiger partial charge on any atom is 0.411 e. The Labute approximate surface area is 203 Å². The molecule has 5 rings (SSSR count). The Morgan fingerprint density at radius 3 is 2.26 bits per heavy atom. The SMILES string of the molecule is Cc1ccc(NC(=O)OCC2c3ccccc3-c3ccccc32)c(C(=O)NCC2CC2C(=O)O)c1. The highest BCUT2D eigenvalue weighted by atomic mass is 16.5. The molecule has 7 nitrogen and oxygen atoms in total. The Morgan fingerprint density at radius 1 is 0.971 bits per heavy atom. The Kier molecular flexibility index (Phi) is 5.99. The Morgan fingerprint density at radius 2 is 1.63 bits per heavy atom. The van der Waals surface area contributed by atoms with Crippen LogP contribution in [-0.2, 0) is 9.53 Å². The molecule has 0 radical (unpaired) electrons. The number of hydrogen-bond acceptors (Lipinski definition) is 4. The zero-order valence-corrected chi connectivity index (χ0v) is 19.3. The highest BCUT2D eigenvalue weighted by Crippen LogP contribution is 2.44. The Bertz CT molecular complexity index is 1270. The summed E-state index contributed by atoms with van der Waals surface area (Å²) in [5.41, 5.74) is 6.06. The number of carbonyl (C=O) groups is 3. The van der Waals surface area contributed by atoms with E-state index < -0.39 is 18.0 Å². The van der Waals surface area contributed by atoms with Gasteiger partial charge in [0.25, 0.3) is 5.91 Å². The predicted octanol–water partition coefficient (Wildman–Crippen LogP) is 4.81. The van der Waals surface area contributed by atoms with Crippen LogP contribution in [0.1, 0.15) is 39.4 Å². The number of fused-ring (bicyclic) bond motifs is 3. The molecule has 2 amide bonds. The third-order valence-corrected chi connectivity index (χ3v) is 6.76. The van der Waals surface area contributed by atoms with Gasteiger partial charge in [-0.25, -0.2) is 4.79 Å². The highest BCUT2D eigenvalue weighted by molar-refractivity contribution is 6.03. The van der Waals surface area contributed by atoms with E-state index in [-0.39, 0.29) is 30.9 Å². The minimum absolute atomic E-state index is 0.0557. The molecule has 0 heterocycles. The van der Waals surface area contributed by atoms with Gasteiger partial charge in [-0.2, -0.15) is 0 Å². The van der Waals surface area contributed by atoms with Crippen LogP contribution in [0, 0.1) is 18.8 Å². The van der Waals surface area contributed by atoms with Gasteiger partial charge in [-0.15, -0.1) is 0 Å². The third-order valence-electron chi connectivity index (χ3n) is 6.76. The predicted molar refractivity (Wildman–Crippen MR) is 131 cm³/mol. The summed E-state index contributed by atoms with van der Waals surface area (Å²) >= 11 is 0. The molecule has 35 heavy (non-hydrogen) atoms. The van der Waals surface area contributed by atoms with E-state index >= 15 is 0 Å². The standard InChI is InChI=1S/C28H26N2O5/c1-16-10-11-25(23(12-16)26(31)29-14-17-13-22(17)27(32)33)30-28(34)35-15-24-20-8-4-2-6-18(20)19-7-3-5-9-21(19)24/h2-12,17,22,24H,13-15H2,1H3,(H,29,31)(H,30,34)(H,32,33). The number of hydrogen-bond donors (Lipinski definition) is 3. The van der Waals surface area contributed by atoms with Crippen LogP contribution in [0.5, 0.6) is 0 Å². The molecule has 3 N–H and O–H groups in total. The van der Waals surface area contributed by atoms with Crippen molar-refractivity contribution in [2.24, 2.45) is 11.8 Å². The molecule has 0 aromatic heterocycles. The van der Waals surface area contributed by atoms with Gasteiger partial charge in [-0.05, 0) is 53.6 Å². The summed E-state index contributed by atoms with van der Waals surface area (Å²) in [6, 6.07) is 21.4. The third kappa shape index (κ3) is 4.62. The quantitative estimate of drug-likeness (QED) is 0.460. The van der Waals surface area contributed by atoms with Crippen molar-refractivity contribution in [2.45, 2.75) is 19.3 Å². The first-order valence-corrected chi connectivity index (χ1v) is 11.7. The van der Waals surface area contributed by atoms with Crippen LogP contribution in [0.25, 0.3) is 11.1 Å². The summed E-state index contributed by atoms with van der Waals surface area (Å²) in [6.07, 6.45) is -0.0771. The highest BCUT2D eigenvalue weighted by Gasteiger charge is 2.43. The van der Waals surface area contributed by atoms with Crippen molar-refractivity contribution in [3.05, 3.63) is 89.0 Å². The van der Waals surface area contributed by atoms with Gasteiger partial charge in [0.2, 0.25) is 0 Å². The number of aryl methyl sites for hydroxylation is 1. The Balaban J connectivity index is 1.25. The smallest absolute Gasteiger partial charge is 0.411 e. The van der Waals surface area contributed by atoms with Gasteiger partial charge in [0.15, 0.2) is 0 Å². The number of anilines is 1. The molecule has 3 aromatic rings. The van der Waals surface area contributed by atoms with Crippen LogP contribution < -0.4 is 10.6 Å². The molecule has 0 bridgehead atoms. The maximum absolute atomic E-state index is 12.8. The lowest BCUT2D eigenvalue weighted by molar-refractivity contribution is -0.138. The zero-order chi connectivity index (χ0) is 24.5. The van der Waals surface area contributed by atoms with E-state index in [0.29, 0.717) is 17.7 Å². The average Bonchev–Trinajstić information content (AvgIpc) is 3.58. The normalized spacial score (nSPS) is 17.7. The summed E-state index contributed by atoms with van der Waals surface area (Å²) in [6.45, 7) is 2.31. The van der Waals surface area contributed by atoms with Crippen molar-refractivity contribution in [2.75, 3.05) is 18.5 Å². The first-order chi connectivity index (χ1) is 16.9. The van der Waals surface area contributed by atoms with E-state index in [4.69, 9.17) is 9.84 Å². The number of carbonyl (C=O) groups excluding carboxylic acids is 2. The van der Waals surface area contributed by atoms with Gasteiger partial charge >= 0.3 is 12.1 Å². The molecular weight excluding hydrogens is 444 g/mol. The molecule has 1 saturated carbocycles. The number of carboxylic acid groups (broad SMARTS) is 1. The van der Waals surface area contributed by atoms with E-state index in [0.717, 1.165) is 27.8 Å². The second-order valence-corrected chi connectivity index (χ2v) is 9.15. The summed E-state index contributed by atoms with van der Waals surface area (Å²) in [7, 11) is 0. The molecule has 7 heteroatoms. The number of carboxylic acids is 1. The molecule has 2 atom stereocenters. The molecule has 2 aliphatic carbocycles. The second-order valence-electron chi connectivity index (χ2n) is 9.15. The monoisotopic (exact) mass is 470 g/mol. The Hall–Kier alpha value is -4.13. The van der Waals surface area contributed by atoms with Gasteiger partial charge < -0.3 is 15.2 Å². The molecule has 0 aliphatic heterocycles. The zero-order valence-electron chi connectivity index (χ0n) is 19.3. The lowest BCUT2D eigenvalue weighted by Crippen LogP contribution is -2.28. The van der Waals surface area contributed by atoms with E-state index in [1.54, 1.807) is 18.2 Å². The van der Waals surface area contributed by atoms with Crippen LogP contribution in [-0.4, -0.2) is 36.2 Å². The van der Waals surface area contributed by atoms with Crippen LogP contribution in [0.2, 0.25) is 0 Å². The topological polar surface area (TPSA) is 105 Å². The van der Waals surface area contributed by atoms with Crippen molar-refractivity contribution >= 4 is 23.7 Å². The molecule has 178 valence electrons. The van der Waals surface area contributed by atoms with Crippen molar-refractivity contribution < 1.29 is 24.2 Å². The number of amides is 2. The minimum atomic E-state index is -0.836. The number of nitrogens with one attached hydrogen (secondary N) is 2. The average molecular weight is 471 g/mol. The molecule has 0 saturated heterocycles. The van der Waals surface area contributed by atoms with Crippen LogP contribution >= 0.6 is 0 Å². The largest absolute Gasteiger partial charge is 0.481 e. The maximum atomic E-state index is 12.8. The lowest BCUT2D eigenvalue weighted by Gasteiger charge is -2.16. The van der Waals surface area contributed by atoms with Crippen molar-refractivity contribution in [3.8, 4) is 11.1 Å². The summed E-state index contributed by atoms with van der Waals surface area (Å²) in [5, 5.41) is 14.5. The molecule has 2 unspecified atom stereocenters. The van der Waals surface area contributed by atoms with E-state index in [2.05, 4.69) is 34.9 Å². The first kappa shape index (κ1) is 22.7. The van der Waals surface area contributed by atoms with E-state index in [1.165, 1.54) is 0 Å². The van der Waals surface area contributed by atoms with Gasteiger partial charge in [0, 0.05) is 12.5 Å². The fourth-order valence-electron chi connectivity index (χ4n) is 4.79. The second kappa shape index (κ2) is 9.25. The number of ether oxygens (including phenoxy) is 1. The van der Waals surface area contributed by atoms with Gasteiger partial charge in [0.1, 0.15) is 6.61 Å². The van der Waals surface area contributed by atoms with E-state index in [9.17, 15) is 14.4 Å². The molecule has 3 aromatic carbocycles. The van der Waals surface area contributed by atoms with E-state index in [1.807, 2.05) is 31.2 Å². The van der Waals surface area contributed by atoms with Gasteiger partial charge in [-0.1, -0.05) is 60.2 Å². The molecule has 0 spiro atoms. The van der Waals surface area contributed by atoms with Crippen molar-refractivity contribution in [1.29, 1.82) is 0 Å². The fraction of sp³-hybridized carbons (Fsp3) is 0.250. The number of aliphatic carboxylic acids is 1. The lowest BCUT2D eigenvalue weighted by atomic mass is 9.98. The minimum Gasteiger partial charge on any atom is -0.481 e. The van der Waals surface area contributed by atoms with Crippen molar-refractivity contribution in [1.82, 2.24) is 5.32 Å². The summed E-state index contributed by atoms with van der Waals surface area (Å²) in [4.78, 5) is 36.5. The van der Waals surface area contributed by atoms with Gasteiger partial charge in [0.05, 0.1) is 17.2 Å². The molecule has 1 fully saturated rings. The van der Waals surface area contributed by atoms with Crippen LogP contribution in [0.3, 0.4) is 0 Å². The summed E-state index contributed by atoms with van der Waals surface area (Å²) in [5.74, 6) is -1.71. The summed E-state index contributed by atoms with van der Waals surface area (Å²) < 4.78 is 5.61. The first-order valence-electron chi connectivity index (χ1n) is 11.7. The molecular formula is C28H26N2O5. The van der Waals surface area contributed by atoms with Crippen LogP contribution in [0.15, 0.2) is 66.7 Å². The van der Waals surface area contributed by atoms with Crippen molar-refractivity contribution in [3.63, 3.8) is 0 Å².